The first-order valence-corrected chi connectivity index (χ1v) is 9.27. The summed E-state index contributed by atoms with van der Waals surface area (Å²) in [5.74, 6) is -0.548. The minimum atomic E-state index is -0.450. The number of allylic oxidation sites excluding steroid dienone is 2. The molecular weight excluding hydrogens is 381 g/mol. The molecule has 0 spiro atoms. The number of nitro groups is 1. The summed E-state index contributed by atoms with van der Waals surface area (Å²) in [7, 11) is 0. The molecule has 3 rings (SSSR count). The Kier molecular flexibility index (Phi) is 6.00. The predicted octanol–water partition coefficient (Wildman–Crippen LogP) is 4.91. The van der Waals surface area contributed by atoms with E-state index in [-0.39, 0.29) is 17.4 Å². The van der Waals surface area contributed by atoms with Crippen LogP contribution < -0.4 is 0 Å². The Labute approximate surface area is 165 Å². The van der Waals surface area contributed by atoms with Gasteiger partial charge in [0.15, 0.2) is 5.17 Å². The van der Waals surface area contributed by atoms with Crippen molar-refractivity contribution in [2.24, 2.45) is 4.99 Å². The van der Waals surface area contributed by atoms with Gasteiger partial charge in [0.2, 0.25) is 0 Å². The topological polar surface area (TPSA) is 75.8 Å². The maximum atomic E-state index is 13.0. The number of rotatable bonds is 5. The number of halogens is 1. The van der Waals surface area contributed by atoms with E-state index in [2.05, 4.69) is 4.99 Å². The van der Waals surface area contributed by atoms with Crippen LogP contribution in [0, 0.1) is 15.9 Å². The van der Waals surface area contributed by atoms with E-state index >= 15 is 0 Å². The van der Waals surface area contributed by atoms with Crippen LogP contribution in [-0.4, -0.2) is 27.4 Å². The highest BCUT2D eigenvalue weighted by atomic mass is 32.2. The number of para-hydroxylation sites is 1. The maximum absolute atomic E-state index is 13.0. The summed E-state index contributed by atoms with van der Waals surface area (Å²) in [5, 5.41) is 11.6. The van der Waals surface area contributed by atoms with E-state index in [1.54, 1.807) is 36.4 Å². The van der Waals surface area contributed by atoms with Gasteiger partial charge in [-0.05, 0) is 61.2 Å². The summed E-state index contributed by atoms with van der Waals surface area (Å²) in [6.45, 7) is 2.28. The Morgan fingerprint density at radius 2 is 1.93 bits per heavy atom. The van der Waals surface area contributed by atoms with Gasteiger partial charge < -0.3 is 0 Å². The molecule has 0 aromatic heterocycles. The molecule has 0 unspecified atom stereocenters. The third-order valence-corrected chi connectivity index (χ3v) is 4.94. The van der Waals surface area contributed by atoms with Gasteiger partial charge in [0.05, 0.1) is 21.1 Å². The zero-order valence-corrected chi connectivity index (χ0v) is 15.7. The predicted molar refractivity (Wildman–Crippen MR) is 109 cm³/mol. The summed E-state index contributed by atoms with van der Waals surface area (Å²) in [4.78, 5) is 29.6. The lowest BCUT2D eigenvalue weighted by atomic mass is 10.1. The van der Waals surface area contributed by atoms with Crippen molar-refractivity contribution in [1.82, 2.24) is 4.90 Å². The fourth-order valence-corrected chi connectivity index (χ4v) is 3.56. The fraction of sp³-hybridized carbons (Fsp3) is 0.100. The van der Waals surface area contributed by atoms with Crippen LogP contribution in [0.5, 0.6) is 0 Å². The van der Waals surface area contributed by atoms with Gasteiger partial charge in [0.25, 0.3) is 11.6 Å². The first-order chi connectivity index (χ1) is 13.5. The van der Waals surface area contributed by atoms with Crippen molar-refractivity contribution in [3.63, 3.8) is 0 Å². The van der Waals surface area contributed by atoms with E-state index in [1.807, 2.05) is 6.92 Å². The zero-order chi connectivity index (χ0) is 20.1. The van der Waals surface area contributed by atoms with Crippen molar-refractivity contribution < 1.29 is 14.1 Å². The number of amidine groups is 1. The molecule has 2 aromatic carbocycles. The van der Waals surface area contributed by atoms with E-state index in [9.17, 15) is 19.3 Å². The number of hydrogen-bond donors (Lipinski definition) is 0. The van der Waals surface area contributed by atoms with Crippen molar-refractivity contribution in [2.75, 3.05) is 6.54 Å². The van der Waals surface area contributed by atoms with Crippen molar-refractivity contribution in [2.45, 2.75) is 6.92 Å². The average molecular weight is 397 g/mol. The number of likely N-dealkylation sites (N-methyl/N-ethyl adjacent to an activating group) is 1. The number of benzene rings is 2. The molecule has 0 radical (unpaired) electrons. The van der Waals surface area contributed by atoms with E-state index < -0.39 is 4.92 Å². The first kappa shape index (κ1) is 19.5. The third kappa shape index (κ3) is 4.34. The molecule has 8 heteroatoms. The summed E-state index contributed by atoms with van der Waals surface area (Å²) < 4.78 is 13.0. The second kappa shape index (κ2) is 8.62. The molecule has 6 nitrogen and oxygen atoms in total. The Balaban J connectivity index is 1.84. The molecular formula is C20H16FN3O3S. The summed E-state index contributed by atoms with van der Waals surface area (Å²) in [5.41, 5.74) is 0.996. The highest BCUT2D eigenvalue weighted by Gasteiger charge is 2.31. The second-order valence-electron chi connectivity index (χ2n) is 5.73. The number of aliphatic imine (C=N–C) groups is 1. The van der Waals surface area contributed by atoms with Crippen molar-refractivity contribution in [3.8, 4) is 0 Å². The largest absolute Gasteiger partial charge is 0.287 e. The molecule has 2 aromatic rings. The smallest absolute Gasteiger partial charge is 0.276 e. The molecule has 0 N–H and O–H groups in total. The number of nitro benzene ring substituents is 1. The molecule has 0 saturated carbocycles. The normalized spacial score (nSPS) is 17.2. The van der Waals surface area contributed by atoms with Crippen LogP contribution >= 0.6 is 11.8 Å². The summed E-state index contributed by atoms with van der Waals surface area (Å²) in [6.07, 6.45) is 4.81. The summed E-state index contributed by atoms with van der Waals surface area (Å²) >= 11 is 1.20. The zero-order valence-electron chi connectivity index (χ0n) is 14.9. The highest BCUT2D eigenvalue weighted by Crippen LogP contribution is 2.32. The van der Waals surface area contributed by atoms with E-state index in [4.69, 9.17) is 0 Å². The Hall–Kier alpha value is -3.26. The molecule has 1 aliphatic heterocycles. The molecule has 1 amide bonds. The monoisotopic (exact) mass is 397 g/mol. The van der Waals surface area contributed by atoms with Crippen molar-refractivity contribution in [3.05, 3.63) is 87.1 Å². The SMILES string of the molecule is CCN1C(=O)/C(=C\C=C\c2ccccc2[N+](=O)[O-])SC1=Nc1ccc(F)cc1. The minimum absolute atomic E-state index is 0.00343. The van der Waals surface area contributed by atoms with Gasteiger partial charge in [0.1, 0.15) is 5.82 Å². The Morgan fingerprint density at radius 1 is 1.21 bits per heavy atom. The van der Waals surface area contributed by atoms with Gasteiger partial charge in [0, 0.05) is 12.6 Å². The van der Waals surface area contributed by atoms with Gasteiger partial charge >= 0.3 is 0 Å². The first-order valence-electron chi connectivity index (χ1n) is 8.45. The number of nitrogens with zero attached hydrogens (tertiary/aromatic N) is 3. The van der Waals surface area contributed by atoms with Crippen LogP contribution in [0.25, 0.3) is 6.08 Å². The quantitative estimate of drug-likeness (QED) is 0.408. The number of amides is 1. The molecule has 0 atom stereocenters. The van der Waals surface area contributed by atoms with E-state index in [0.717, 1.165) is 0 Å². The number of hydrogen-bond acceptors (Lipinski definition) is 5. The molecule has 1 fully saturated rings. The highest BCUT2D eigenvalue weighted by molar-refractivity contribution is 8.18. The van der Waals surface area contributed by atoms with Crippen LogP contribution in [0.2, 0.25) is 0 Å². The van der Waals surface area contributed by atoms with Crippen LogP contribution in [0.3, 0.4) is 0 Å². The molecule has 28 heavy (non-hydrogen) atoms. The Morgan fingerprint density at radius 3 is 2.61 bits per heavy atom. The number of carbonyl (C=O) groups is 1. The second-order valence-corrected chi connectivity index (χ2v) is 6.74. The van der Waals surface area contributed by atoms with Crippen LogP contribution in [0.4, 0.5) is 15.8 Å². The molecule has 0 aliphatic carbocycles. The molecule has 1 heterocycles. The van der Waals surface area contributed by atoms with Crippen LogP contribution in [0.1, 0.15) is 12.5 Å². The van der Waals surface area contributed by atoms with E-state index in [0.29, 0.717) is 27.9 Å². The van der Waals surface area contributed by atoms with Gasteiger partial charge in [-0.15, -0.1) is 0 Å². The van der Waals surface area contributed by atoms with Gasteiger partial charge in [-0.1, -0.05) is 18.2 Å². The van der Waals surface area contributed by atoms with Crippen molar-refractivity contribution in [1.29, 1.82) is 0 Å². The minimum Gasteiger partial charge on any atom is -0.287 e. The third-order valence-electron chi connectivity index (χ3n) is 3.91. The van der Waals surface area contributed by atoms with Crippen molar-refractivity contribution >= 4 is 40.3 Å². The van der Waals surface area contributed by atoms with Gasteiger partial charge in [-0.3, -0.25) is 19.8 Å². The standard InChI is InChI=1S/C20H16FN3O3S/c1-2-23-19(25)18(28-20(23)22-16-12-10-15(21)11-13-16)9-5-7-14-6-3-4-8-17(14)24(26)27/h3-13H,2H2,1H3/b7-5+,18-9+,22-20?. The lowest BCUT2D eigenvalue weighted by Gasteiger charge is -2.11. The molecule has 1 aliphatic rings. The van der Waals surface area contributed by atoms with Gasteiger partial charge in [-0.25, -0.2) is 9.38 Å². The number of thioether (sulfide) groups is 1. The maximum Gasteiger partial charge on any atom is 0.276 e. The summed E-state index contributed by atoms with van der Waals surface area (Å²) in [6, 6.07) is 12.1. The molecule has 0 bridgehead atoms. The lowest BCUT2D eigenvalue weighted by Crippen LogP contribution is -2.28. The van der Waals surface area contributed by atoms with Gasteiger partial charge in [-0.2, -0.15) is 0 Å². The molecule has 142 valence electrons. The van der Waals surface area contributed by atoms with Crippen LogP contribution in [-0.2, 0) is 4.79 Å². The number of carbonyl (C=O) groups excluding carboxylic acids is 1. The fourth-order valence-electron chi connectivity index (χ4n) is 2.54. The average Bonchev–Trinajstić information content (AvgIpc) is 2.98. The van der Waals surface area contributed by atoms with Crippen LogP contribution in [0.15, 0.2) is 70.6 Å². The lowest BCUT2D eigenvalue weighted by molar-refractivity contribution is -0.385. The molecule has 1 saturated heterocycles. The van der Waals surface area contributed by atoms with E-state index in [1.165, 1.54) is 47.0 Å². The Bertz CT molecular complexity index is 1000.